The zero-order valence-corrected chi connectivity index (χ0v) is 30.7. The molecule has 0 bridgehead atoms. The molecule has 1 heterocycles. The van der Waals surface area contributed by atoms with E-state index in [1.165, 1.54) is 94.2 Å². The SMILES string of the molecule is CCCCCCCCCCCCN1C(=O)c2ccc3c4c(ccc(c24)C1=O)C1C=CC2=C4C(=CC=CC41C3)CC13C=CC=C(Br)C1=CC=CC23. The third-order valence-electron chi connectivity index (χ3n) is 12.9. The molecule has 4 atom stereocenters. The summed E-state index contributed by atoms with van der Waals surface area (Å²) in [6, 6.07) is 8.46. The molecule has 4 unspecified atom stereocenters. The van der Waals surface area contributed by atoms with Crippen LogP contribution in [-0.4, -0.2) is 23.3 Å². The van der Waals surface area contributed by atoms with Crippen LogP contribution in [0.1, 0.15) is 115 Å². The molecule has 2 spiro atoms. The van der Waals surface area contributed by atoms with Crippen LogP contribution < -0.4 is 0 Å². The van der Waals surface area contributed by atoms with Gasteiger partial charge in [-0.1, -0.05) is 154 Å². The fourth-order valence-corrected chi connectivity index (χ4v) is 11.3. The summed E-state index contributed by atoms with van der Waals surface area (Å²) in [6.45, 7) is 2.76. The molecule has 3 nitrogen and oxygen atoms in total. The number of fused-ring (bicyclic) bond motifs is 2. The second-order valence-electron chi connectivity index (χ2n) is 15.6. The monoisotopic (exact) mass is 723 g/mol. The molecule has 1 aliphatic heterocycles. The summed E-state index contributed by atoms with van der Waals surface area (Å²) in [4.78, 5) is 29.5. The van der Waals surface area contributed by atoms with Crippen LogP contribution in [0, 0.1) is 16.7 Å². The number of hydrogen-bond donors (Lipinski definition) is 0. The number of rotatable bonds is 11. The lowest BCUT2D eigenvalue weighted by molar-refractivity contribution is 0.0607. The smallest absolute Gasteiger partial charge is 0.261 e. The molecule has 2 aromatic carbocycles. The first-order valence-corrected chi connectivity index (χ1v) is 20.0. The van der Waals surface area contributed by atoms with E-state index in [0.717, 1.165) is 36.5 Å². The minimum absolute atomic E-state index is 0.0928. The van der Waals surface area contributed by atoms with Gasteiger partial charge in [-0.25, -0.2) is 0 Å². The average molecular weight is 725 g/mol. The van der Waals surface area contributed by atoms with Gasteiger partial charge >= 0.3 is 0 Å². The molecule has 0 aromatic heterocycles. The average Bonchev–Trinajstić information content (AvgIpc) is 3.12. The molecule has 0 saturated carbocycles. The van der Waals surface area contributed by atoms with Gasteiger partial charge in [0.05, 0.1) is 0 Å². The molecule has 0 N–H and O–H groups in total. The molecule has 6 aliphatic carbocycles. The summed E-state index contributed by atoms with van der Waals surface area (Å²) in [5, 5.41) is 2.01. The van der Waals surface area contributed by atoms with E-state index < -0.39 is 0 Å². The standard InChI is InChI=1S/C46H46BrNO2/c1-2-3-4-5-6-7-8-9-10-11-27-48-43(49)34-20-19-30-28-46-26-13-15-31-29-45-25-14-18-39(47)38(45)17-12-16-36(45)33(42(31)46)23-24-37(46)32-21-22-35(44(48)50)41(34)40(30)32/h12-26,36-37H,2-11,27-29H2,1H3. The van der Waals surface area contributed by atoms with Crippen LogP contribution >= 0.6 is 15.9 Å². The summed E-state index contributed by atoms with van der Waals surface area (Å²) in [6.07, 6.45) is 39.8. The molecule has 2 amide bonds. The van der Waals surface area contributed by atoms with Gasteiger partial charge in [0.25, 0.3) is 11.8 Å². The predicted molar refractivity (Wildman–Crippen MR) is 207 cm³/mol. The lowest BCUT2D eigenvalue weighted by atomic mass is 9.47. The quantitative estimate of drug-likeness (QED) is 0.171. The highest BCUT2D eigenvalue weighted by molar-refractivity contribution is 9.12. The number of halogens is 1. The Labute approximate surface area is 305 Å². The topological polar surface area (TPSA) is 37.4 Å². The van der Waals surface area contributed by atoms with Gasteiger partial charge in [0, 0.05) is 50.2 Å². The minimum atomic E-state index is -0.195. The maximum Gasteiger partial charge on any atom is 0.261 e. The van der Waals surface area contributed by atoms with Gasteiger partial charge in [0.15, 0.2) is 0 Å². The molecule has 4 heteroatoms. The van der Waals surface area contributed by atoms with E-state index in [-0.39, 0.29) is 34.5 Å². The van der Waals surface area contributed by atoms with E-state index in [0.29, 0.717) is 17.7 Å². The molecule has 0 saturated heterocycles. The van der Waals surface area contributed by atoms with Gasteiger partial charge in [0.1, 0.15) is 0 Å². The zero-order chi connectivity index (χ0) is 34.0. The molecule has 0 radical (unpaired) electrons. The van der Waals surface area contributed by atoms with Crippen LogP contribution in [-0.2, 0) is 6.42 Å². The number of carbonyl (C=O) groups excluding carboxylic acids is 2. The predicted octanol–water partition coefficient (Wildman–Crippen LogP) is 11.7. The van der Waals surface area contributed by atoms with Crippen molar-refractivity contribution in [3.8, 4) is 0 Å². The van der Waals surface area contributed by atoms with E-state index >= 15 is 0 Å². The fourth-order valence-electron chi connectivity index (χ4n) is 10.6. The van der Waals surface area contributed by atoms with Crippen molar-refractivity contribution in [3.63, 3.8) is 0 Å². The Morgan fingerprint density at radius 2 is 1.42 bits per heavy atom. The van der Waals surface area contributed by atoms with Crippen LogP contribution in [0.3, 0.4) is 0 Å². The Hall–Kier alpha value is -3.76. The van der Waals surface area contributed by atoms with E-state index in [9.17, 15) is 9.59 Å². The Morgan fingerprint density at radius 3 is 2.20 bits per heavy atom. The summed E-state index contributed by atoms with van der Waals surface area (Å²) in [7, 11) is 0. The van der Waals surface area contributed by atoms with Gasteiger partial charge in [-0.05, 0) is 76.3 Å². The van der Waals surface area contributed by atoms with Gasteiger partial charge in [-0.15, -0.1) is 0 Å². The van der Waals surface area contributed by atoms with Crippen LogP contribution in [0.25, 0.3) is 10.8 Å². The van der Waals surface area contributed by atoms with Gasteiger partial charge in [0.2, 0.25) is 0 Å². The molecule has 7 aliphatic rings. The highest BCUT2D eigenvalue weighted by Gasteiger charge is 2.55. The molecule has 50 heavy (non-hydrogen) atoms. The number of hydrogen-bond acceptors (Lipinski definition) is 2. The first-order chi connectivity index (χ1) is 24.5. The largest absolute Gasteiger partial charge is 0.274 e. The maximum atomic E-state index is 14.0. The van der Waals surface area contributed by atoms with Gasteiger partial charge in [-0.2, -0.15) is 0 Å². The highest BCUT2D eigenvalue weighted by Crippen LogP contribution is 2.66. The normalized spacial score (nSPS) is 27.9. The molecule has 0 fully saturated rings. The number of imide groups is 1. The first-order valence-electron chi connectivity index (χ1n) is 19.2. The summed E-state index contributed by atoms with van der Waals surface area (Å²) in [5.41, 5.74) is 9.30. The number of allylic oxidation sites excluding steroid dienone is 16. The van der Waals surface area contributed by atoms with Gasteiger partial charge in [-0.3, -0.25) is 14.5 Å². The number of nitrogens with zero attached hydrogens (tertiary/aromatic N) is 1. The molecular weight excluding hydrogens is 678 g/mol. The highest BCUT2D eigenvalue weighted by atomic mass is 79.9. The molecule has 2 aromatic rings. The van der Waals surface area contributed by atoms with Crippen LogP contribution in [0.2, 0.25) is 0 Å². The number of unbranched alkanes of at least 4 members (excludes halogenated alkanes) is 9. The Bertz CT molecular complexity index is 2060. The van der Waals surface area contributed by atoms with E-state index in [2.05, 4.69) is 102 Å². The van der Waals surface area contributed by atoms with Crippen molar-refractivity contribution in [2.24, 2.45) is 16.7 Å². The first kappa shape index (κ1) is 32.2. The van der Waals surface area contributed by atoms with Crippen molar-refractivity contribution in [1.29, 1.82) is 0 Å². The third kappa shape index (κ3) is 4.66. The lowest BCUT2D eigenvalue weighted by Gasteiger charge is -2.55. The van der Waals surface area contributed by atoms with Crippen LogP contribution in [0.15, 0.2) is 118 Å². The van der Waals surface area contributed by atoms with E-state index in [1.54, 1.807) is 0 Å². The number of carbonyl (C=O) groups is 2. The summed E-state index contributed by atoms with van der Waals surface area (Å²) >= 11 is 3.89. The van der Waals surface area contributed by atoms with Crippen molar-refractivity contribution in [2.75, 3.05) is 6.54 Å². The Kier molecular flexibility index (Phi) is 8.03. The van der Waals surface area contributed by atoms with Crippen molar-refractivity contribution < 1.29 is 9.59 Å². The second-order valence-corrected chi connectivity index (χ2v) is 16.5. The maximum absolute atomic E-state index is 14.0. The summed E-state index contributed by atoms with van der Waals surface area (Å²) < 4.78 is 1.18. The minimum Gasteiger partial charge on any atom is -0.274 e. The lowest BCUT2D eigenvalue weighted by Crippen LogP contribution is -2.46. The van der Waals surface area contributed by atoms with Crippen molar-refractivity contribution in [3.05, 3.63) is 140 Å². The van der Waals surface area contributed by atoms with Crippen LogP contribution in [0.5, 0.6) is 0 Å². The van der Waals surface area contributed by atoms with Crippen molar-refractivity contribution >= 4 is 38.5 Å². The Morgan fingerprint density at radius 1 is 0.720 bits per heavy atom. The van der Waals surface area contributed by atoms with E-state index in [4.69, 9.17) is 0 Å². The Balaban J connectivity index is 1.000. The third-order valence-corrected chi connectivity index (χ3v) is 13.6. The molecule has 9 rings (SSSR count). The van der Waals surface area contributed by atoms with E-state index in [1.807, 2.05) is 12.1 Å². The molecular formula is C46H46BrNO2. The number of amides is 2. The van der Waals surface area contributed by atoms with Crippen molar-refractivity contribution in [1.82, 2.24) is 4.90 Å². The second kappa shape index (κ2) is 12.5. The number of benzene rings is 2. The van der Waals surface area contributed by atoms with Crippen LogP contribution in [0.4, 0.5) is 0 Å². The van der Waals surface area contributed by atoms with Crippen molar-refractivity contribution in [2.45, 2.75) is 89.9 Å². The summed E-state index contributed by atoms with van der Waals surface area (Å²) in [5.74, 6) is 0.153. The zero-order valence-electron chi connectivity index (χ0n) is 29.1. The molecule has 254 valence electrons. The fraction of sp³-hybridized carbons (Fsp3) is 0.391. The van der Waals surface area contributed by atoms with Gasteiger partial charge < -0.3 is 0 Å².